The van der Waals surface area contributed by atoms with E-state index in [0.717, 1.165) is 5.56 Å². The molecular formula is C13H12ClNO3S. The minimum Gasteiger partial charge on any atom is -0.507 e. The molecule has 0 unspecified atom stereocenters. The van der Waals surface area contributed by atoms with E-state index in [9.17, 15) is 13.5 Å². The molecule has 0 bridgehead atoms. The molecule has 100 valence electrons. The Morgan fingerprint density at radius 2 is 1.84 bits per heavy atom. The van der Waals surface area contributed by atoms with Crippen LogP contribution in [0.1, 0.15) is 5.56 Å². The first-order chi connectivity index (χ1) is 8.90. The molecule has 0 saturated carbocycles. The zero-order valence-corrected chi connectivity index (χ0v) is 11.7. The van der Waals surface area contributed by atoms with E-state index in [1.165, 1.54) is 18.2 Å². The lowest BCUT2D eigenvalue weighted by Gasteiger charge is -2.11. The highest BCUT2D eigenvalue weighted by Crippen LogP contribution is 2.27. The third-order valence-corrected chi connectivity index (χ3v) is 4.25. The number of aryl methyl sites for hydroxylation is 1. The fraction of sp³-hybridized carbons (Fsp3) is 0.0769. The fourth-order valence-electron chi connectivity index (χ4n) is 1.59. The van der Waals surface area contributed by atoms with Gasteiger partial charge in [0.15, 0.2) is 0 Å². The van der Waals surface area contributed by atoms with E-state index >= 15 is 0 Å². The lowest BCUT2D eigenvalue weighted by molar-refractivity contribution is 0.459. The van der Waals surface area contributed by atoms with Gasteiger partial charge in [-0.2, -0.15) is 0 Å². The number of benzene rings is 2. The molecule has 4 nitrogen and oxygen atoms in total. The number of hydrogen-bond acceptors (Lipinski definition) is 3. The van der Waals surface area contributed by atoms with Gasteiger partial charge >= 0.3 is 0 Å². The van der Waals surface area contributed by atoms with Crippen molar-refractivity contribution in [3.63, 3.8) is 0 Å². The second-order valence-electron chi connectivity index (χ2n) is 4.03. The monoisotopic (exact) mass is 297 g/mol. The summed E-state index contributed by atoms with van der Waals surface area (Å²) >= 11 is 5.84. The summed E-state index contributed by atoms with van der Waals surface area (Å²) in [5, 5.41) is 10.0. The lowest BCUT2D eigenvalue weighted by Crippen LogP contribution is -2.13. The van der Waals surface area contributed by atoms with Gasteiger partial charge in [0.2, 0.25) is 0 Å². The summed E-state index contributed by atoms with van der Waals surface area (Å²) in [6.07, 6.45) is 0. The molecular weight excluding hydrogens is 286 g/mol. The van der Waals surface area contributed by atoms with Gasteiger partial charge in [0.05, 0.1) is 5.69 Å². The quantitative estimate of drug-likeness (QED) is 0.914. The van der Waals surface area contributed by atoms with Crippen LogP contribution >= 0.6 is 11.6 Å². The predicted octanol–water partition coefficient (Wildman–Crippen LogP) is 3.15. The van der Waals surface area contributed by atoms with E-state index in [1.54, 1.807) is 31.2 Å². The van der Waals surface area contributed by atoms with E-state index in [4.69, 9.17) is 11.6 Å². The number of anilines is 1. The van der Waals surface area contributed by atoms with E-state index < -0.39 is 10.0 Å². The van der Waals surface area contributed by atoms with Crippen LogP contribution in [0.4, 0.5) is 5.69 Å². The molecule has 2 N–H and O–H groups in total. The second-order valence-corrected chi connectivity index (χ2v) is 6.12. The van der Waals surface area contributed by atoms with Gasteiger partial charge < -0.3 is 5.11 Å². The molecule has 0 saturated heterocycles. The molecule has 2 aromatic rings. The molecule has 0 aliphatic rings. The summed E-state index contributed by atoms with van der Waals surface area (Å²) < 4.78 is 26.8. The Morgan fingerprint density at radius 1 is 1.16 bits per heavy atom. The van der Waals surface area contributed by atoms with E-state index in [-0.39, 0.29) is 10.6 Å². The minimum atomic E-state index is -3.84. The van der Waals surface area contributed by atoms with Crippen molar-refractivity contribution in [1.29, 1.82) is 0 Å². The topological polar surface area (TPSA) is 66.4 Å². The van der Waals surface area contributed by atoms with Gasteiger partial charge in [-0.1, -0.05) is 29.8 Å². The Hall–Kier alpha value is -1.72. The number of rotatable bonds is 3. The van der Waals surface area contributed by atoms with Gasteiger partial charge in [-0.15, -0.1) is 0 Å². The number of nitrogens with one attached hydrogen (secondary N) is 1. The normalized spacial score (nSPS) is 11.3. The van der Waals surface area contributed by atoms with Gasteiger partial charge in [0.25, 0.3) is 10.0 Å². The van der Waals surface area contributed by atoms with Crippen molar-refractivity contribution in [1.82, 2.24) is 0 Å². The van der Waals surface area contributed by atoms with Crippen LogP contribution in [-0.4, -0.2) is 13.5 Å². The van der Waals surface area contributed by atoms with E-state index in [1.807, 2.05) is 0 Å². The number of sulfonamides is 1. The summed E-state index contributed by atoms with van der Waals surface area (Å²) in [5.41, 5.74) is 1.12. The molecule has 0 aromatic heterocycles. The molecule has 0 amide bonds. The Bertz CT molecular complexity index is 714. The first-order valence-electron chi connectivity index (χ1n) is 5.47. The fourth-order valence-corrected chi connectivity index (χ4v) is 2.98. The summed E-state index contributed by atoms with van der Waals surface area (Å²) in [4.78, 5) is -0.172. The highest BCUT2D eigenvalue weighted by molar-refractivity contribution is 7.92. The molecule has 19 heavy (non-hydrogen) atoms. The van der Waals surface area contributed by atoms with Crippen LogP contribution in [-0.2, 0) is 10.0 Å². The number of aromatic hydroxyl groups is 1. The van der Waals surface area contributed by atoms with Crippen LogP contribution < -0.4 is 4.72 Å². The molecule has 0 atom stereocenters. The van der Waals surface area contributed by atoms with Crippen molar-refractivity contribution in [2.24, 2.45) is 0 Å². The van der Waals surface area contributed by atoms with Gasteiger partial charge in [-0.3, -0.25) is 4.72 Å². The first kappa shape index (κ1) is 13.7. The SMILES string of the molecule is Cc1ccc(Cl)cc1NS(=O)(=O)c1ccccc1O. The van der Waals surface area contributed by atoms with Crippen LogP contribution in [0, 0.1) is 6.92 Å². The van der Waals surface area contributed by atoms with Crippen LogP contribution in [0.15, 0.2) is 47.4 Å². The largest absolute Gasteiger partial charge is 0.507 e. The summed E-state index contributed by atoms with van der Waals surface area (Å²) in [7, 11) is -3.84. The molecule has 0 radical (unpaired) electrons. The zero-order valence-electron chi connectivity index (χ0n) is 10.1. The van der Waals surface area contributed by atoms with Crippen molar-refractivity contribution < 1.29 is 13.5 Å². The first-order valence-corrected chi connectivity index (χ1v) is 7.33. The average Bonchev–Trinajstić information content (AvgIpc) is 2.34. The van der Waals surface area contributed by atoms with Crippen molar-refractivity contribution in [3.05, 3.63) is 53.1 Å². The number of hydrogen-bond donors (Lipinski definition) is 2. The Kier molecular flexibility index (Phi) is 3.68. The van der Waals surface area contributed by atoms with Crippen molar-refractivity contribution in [3.8, 4) is 5.75 Å². The van der Waals surface area contributed by atoms with Crippen LogP contribution in [0.3, 0.4) is 0 Å². The van der Waals surface area contributed by atoms with Crippen LogP contribution in [0.2, 0.25) is 5.02 Å². The van der Waals surface area contributed by atoms with E-state index in [2.05, 4.69) is 4.72 Å². The molecule has 0 fully saturated rings. The molecule has 2 rings (SSSR count). The number of phenolic OH excluding ortho intramolecular Hbond substituents is 1. The van der Waals surface area contributed by atoms with E-state index in [0.29, 0.717) is 10.7 Å². The highest BCUT2D eigenvalue weighted by Gasteiger charge is 2.18. The maximum atomic E-state index is 12.2. The molecule has 0 aliphatic heterocycles. The Balaban J connectivity index is 2.43. The van der Waals surface area contributed by atoms with Gasteiger partial charge in [0.1, 0.15) is 10.6 Å². The van der Waals surface area contributed by atoms with Gasteiger partial charge in [0, 0.05) is 5.02 Å². The standard InChI is InChI=1S/C13H12ClNO3S/c1-9-6-7-10(14)8-11(9)15-19(17,18)13-5-3-2-4-12(13)16/h2-8,15-16H,1H3. The van der Waals surface area contributed by atoms with Crippen LogP contribution in [0.25, 0.3) is 0 Å². The summed E-state index contributed by atoms with van der Waals surface area (Å²) in [6.45, 7) is 1.76. The van der Waals surface area contributed by atoms with Crippen LogP contribution in [0.5, 0.6) is 5.75 Å². The maximum Gasteiger partial charge on any atom is 0.265 e. The third-order valence-electron chi connectivity index (χ3n) is 2.60. The van der Waals surface area contributed by atoms with Gasteiger partial charge in [-0.25, -0.2) is 8.42 Å². The number of para-hydroxylation sites is 1. The molecule has 0 aliphatic carbocycles. The molecule has 6 heteroatoms. The highest BCUT2D eigenvalue weighted by atomic mass is 35.5. The third kappa shape index (κ3) is 3.00. The Morgan fingerprint density at radius 3 is 2.53 bits per heavy atom. The average molecular weight is 298 g/mol. The second kappa shape index (κ2) is 5.11. The number of halogens is 1. The smallest absolute Gasteiger partial charge is 0.265 e. The van der Waals surface area contributed by atoms with Gasteiger partial charge in [-0.05, 0) is 36.8 Å². The van der Waals surface area contributed by atoms with Crippen molar-refractivity contribution in [2.75, 3.05) is 4.72 Å². The minimum absolute atomic E-state index is 0.172. The zero-order chi connectivity index (χ0) is 14.0. The van der Waals surface area contributed by atoms with Crippen molar-refractivity contribution in [2.45, 2.75) is 11.8 Å². The summed E-state index contributed by atoms with van der Waals surface area (Å²) in [5.74, 6) is -0.297. The molecule has 0 spiro atoms. The predicted molar refractivity (Wildman–Crippen MR) is 75.1 cm³/mol. The summed E-state index contributed by atoms with van der Waals surface area (Å²) in [6, 6.07) is 10.7. The van der Waals surface area contributed by atoms with Crippen molar-refractivity contribution >= 4 is 27.3 Å². The molecule has 2 aromatic carbocycles. The molecule has 0 heterocycles. The maximum absolute atomic E-state index is 12.2. The lowest BCUT2D eigenvalue weighted by atomic mass is 10.2. The number of phenols is 1. The Labute approximate surface area is 116 Å².